The van der Waals surface area contributed by atoms with Gasteiger partial charge in [0, 0.05) is 0 Å². The number of hydrogen-bond acceptors (Lipinski definition) is 3. The lowest BCUT2D eigenvalue weighted by molar-refractivity contribution is -0.163. The molecular weight excluding hydrogens is 190 g/mol. The predicted molar refractivity (Wildman–Crippen MR) is 58.5 cm³/mol. The molecule has 2 fully saturated rings. The van der Waals surface area contributed by atoms with Gasteiger partial charge in [0.25, 0.3) is 0 Å². The zero-order chi connectivity index (χ0) is 11.1. The van der Waals surface area contributed by atoms with E-state index >= 15 is 0 Å². The highest BCUT2D eigenvalue weighted by atomic mass is 16.6. The van der Waals surface area contributed by atoms with Crippen molar-refractivity contribution in [1.29, 1.82) is 0 Å². The average molecular weight is 211 g/mol. The summed E-state index contributed by atoms with van der Waals surface area (Å²) < 4.78 is 5.50. The van der Waals surface area contributed by atoms with Gasteiger partial charge in [-0.25, -0.2) is 0 Å². The van der Waals surface area contributed by atoms with Gasteiger partial charge in [0.15, 0.2) is 0 Å². The zero-order valence-electron chi connectivity index (χ0n) is 9.93. The summed E-state index contributed by atoms with van der Waals surface area (Å²) >= 11 is 0. The van der Waals surface area contributed by atoms with Gasteiger partial charge in [-0.1, -0.05) is 6.42 Å². The van der Waals surface area contributed by atoms with Crippen LogP contribution in [0.1, 0.15) is 46.5 Å². The molecule has 1 aliphatic heterocycles. The van der Waals surface area contributed by atoms with Gasteiger partial charge in [-0.05, 0) is 52.5 Å². The maximum Gasteiger partial charge on any atom is 0.326 e. The lowest BCUT2D eigenvalue weighted by atomic mass is 9.80. The highest BCUT2D eigenvalue weighted by molar-refractivity contribution is 5.82. The van der Waals surface area contributed by atoms with E-state index in [2.05, 4.69) is 5.32 Å². The molecule has 0 amide bonds. The van der Waals surface area contributed by atoms with E-state index in [9.17, 15) is 4.79 Å². The molecule has 1 saturated carbocycles. The van der Waals surface area contributed by atoms with E-state index in [0.29, 0.717) is 5.92 Å². The molecule has 0 aromatic heterocycles. The molecule has 1 N–H and O–H groups in total. The van der Waals surface area contributed by atoms with Crippen LogP contribution < -0.4 is 5.32 Å². The monoisotopic (exact) mass is 211 g/mol. The Labute approximate surface area is 91.6 Å². The summed E-state index contributed by atoms with van der Waals surface area (Å²) in [5.74, 6) is 0.642. The molecule has 1 saturated heterocycles. The Morgan fingerprint density at radius 3 is 2.87 bits per heavy atom. The van der Waals surface area contributed by atoms with Crippen molar-refractivity contribution in [3.8, 4) is 0 Å². The number of nitrogens with one attached hydrogen (secondary N) is 1. The lowest BCUT2D eigenvalue weighted by Gasteiger charge is -2.33. The summed E-state index contributed by atoms with van der Waals surface area (Å²) in [5, 5.41) is 3.38. The average Bonchev–Trinajstić information content (AvgIpc) is 2.41. The second-order valence-electron chi connectivity index (χ2n) is 5.93. The second kappa shape index (κ2) is 3.48. The summed E-state index contributed by atoms with van der Waals surface area (Å²) in [6.45, 7) is 6.77. The standard InChI is InChI=1S/C12H21NO2/c1-11(2,3)15-10(14)12-6-4-5-9(7-12)8-13-12/h9,13H,4-8H2,1-3H3/t9-,12+/m1/s1. The number of rotatable bonds is 1. The topological polar surface area (TPSA) is 38.3 Å². The largest absolute Gasteiger partial charge is 0.459 e. The highest BCUT2D eigenvalue weighted by Gasteiger charge is 2.49. The van der Waals surface area contributed by atoms with Crippen LogP contribution in [-0.4, -0.2) is 23.7 Å². The summed E-state index contributed by atoms with van der Waals surface area (Å²) in [7, 11) is 0. The molecule has 86 valence electrons. The minimum atomic E-state index is -0.372. The van der Waals surface area contributed by atoms with Crippen LogP contribution in [-0.2, 0) is 9.53 Å². The zero-order valence-corrected chi connectivity index (χ0v) is 9.93. The van der Waals surface area contributed by atoms with Gasteiger partial charge >= 0.3 is 5.97 Å². The van der Waals surface area contributed by atoms with Crippen LogP contribution in [0, 0.1) is 5.92 Å². The molecule has 2 rings (SSSR count). The molecule has 0 spiro atoms. The molecule has 15 heavy (non-hydrogen) atoms. The predicted octanol–water partition coefficient (Wildman–Crippen LogP) is 1.86. The SMILES string of the molecule is CC(C)(C)OC(=O)[C@@]12CCC[C@@H](CN1)C2. The molecule has 1 aliphatic carbocycles. The van der Waals surface area contributed by atoms with Crippen molar-refractivity contribution in [1.82, 2.24) is 5.32 Å². The summed E-state index contributed by atoms with van der Waals surface area (Å²) in [6.07, 6.45) is 4.33. The molecule has 0 aromatic rings. The van der Waals surface area contributed by atoms with Crippen LogP contribution in [0.4, 0.5) is 0 Å². The van der Waals surface area contributed by atoms with E-state index in [4.69, 9.17) is 4.74 Å². The first-order valence-corrected chi connectivity index (χ1v) is 5.90. The van der Waals surface area contributed by atoms with Crippen molar-refractivity contribution in [2.75, 3.05) is 6.54 Å². The van der Waals surface area contributed by atoms with Gasteiger partial charge < -0.3 is 10.1 Å². The smallest absolute Gasteiger partial charge is 0.326 e. The number of hydrogen-bond donors (Lipinski definition) is 1. The number of carbonyl (C=O) groups excluding carboxylic acids is 1. The Morgan fingerprint density at radius 1 is 1.47 bits per heavy atom. The molecule has 2 aliphatic rings. The van der Waals surface area contributed by atoms with E-state index in [1.807, 2.05) is 20.8 Å². The molecule has 3 nitrogen and oxygen atoms in total. The van der Waals surface area contributed by atoms with E-state index < -0.39 is 0 Å². The molecule has 2 bridgehead atoms. The molecule has 0 unspecified atom stereocenters. The van der Waals surface area contributed by atoms with E-state index in [1.165, 1.54) is 6.42 Å². The van der Waals surface area contributed by atoms with Gasteiger partial charge in [0.2, 0.25) is 0 Å². The Morgan fingerprint density at radius 2 is 2.20 bits per heavy atom. The first-order chi connectivity index (χ1) is 6.91. The van der Waals surface area contributed by atoms with Crippen LogP contribution in [0.15, 0.2) is 0 Å². The normalized spacial score (nSPS) is 35.3. The Balaban J connectivity index is 2.06. The second-order valence-corrected chi connectivity index (χ2v) is 5.93. The first-order valence-electron chi connectivity index (χ1n) is 5.90. The van der Waals surface area contributed by atoms with Crippen LogP contribution in [0.3, 0.4) is 0 Å². The van der Waals surface area contributed by atoms with Crippen molar-refractivity contribution in [3.05, 3.63) is 0 Å². The van der Waals surface area contributed by atoms with Gasteiger partial charge in [0.05, 0.1) is 0 Å². The van der Waals surface area contributed by atoms with Crippen LogP contribution in [0.25, 0.3) is 0 Å². The fourth-order valence-corrected chi connectivity index (χ4v) is 2.70. The minimum absolute atomic E-state index is 0.0443. The van der Waals surface area contributed by atoms with E-state index in [1.54, 1.807) is 0 Å². The summed E-state index contributed by atoms with van der Waals surface area (Å²) in [6, 6.07) is 0. The van der Waals surface area contributed by atoms with Crippen LogP contribution in [0.2, 0.25) is 0 Å². The maximum atomic E-state index is 12.1. The molecule has 2 atom stereocenters. The van der Waals surface area contributed by atoms with Crippen molar-refractivity contribution in [2.24, 2.45) is 5.92 Å². The number of esters is 1. The van der Waals surface area contributed by atoms with Gasteiger partial charge in [-0.2, -0.15) is 0 Å². The highest BCUT2D eigenvalue weighted by Crippen LogP contribution is 2.38. The third-order valence-electron chi connectivity index (χ3n) is 3.37. The third kappa shape index (κ3) is 2.17. The van der Waals surface area contributed by atoms with Crippen LogP contribution in [0.5, 0.6) is 0 Å². The molecule has 3 heteroatoms. The number of fused-ring (bicyclic) bond motifs is 2. The quantitative estimate of drug-likeness (QED) is 0.673. The van der Waals surface area contributed by atoms with Crippen molar-refractivity contribution in [2.45, 2.75) is 57.6 Å². The van der Waals surface area contributed by atoms with Crippen molar-refractivity contribution < 1.29 is 9.53 Å². The molecular formula is C12H21NO2. The number of carbonyl (C=O) groups is 1. The molecule has 0 radical (unpaired) electrons. The first kappa shape index (κ1) is 10.9. The third-order valence-corrected chi connectivity index (χ3v) is 3.37. The Hall–Kier alpha value is -0.570. The Bertz CT molecular complexity index is 265. The van der Waals surface area contributed by atoms with Gasteiger partial charge in [0.1, 0.15) is 11.1 Å². The van der Waals surface area contributed by atoms with Gasteiger partial charge in [-0.3, -0.25) is 4.79 Å². The summed E-state index contributed by atoms with van der Waals surface area (Å²) in [4.78, 5) is 12.1. The van der Waals surface area contributed by atoms with E-state index in [0.717, 1.165) is 25.8 Å². The lowest BCUT2D eigenvalue weighted by Crippen LogP contribution is -2.51. The molecule has 0 aromatic carbocycles. The minimum Gasteiger partial charge on any atom is -0.459 e. The number of ether oxygens (including phenoxy) is 1. The van der Waals surface area contributed by atoms with Crippen molar-refractivity contribution >= 4 is 5.97 Å². The van der Waals surface area contributed by atoms with Gasteiger partial charge in [-0.15, -0.1) is 0 Å². The van der Waals surface area contributed by atoms with E-state index in [-0.39, 0.29) is 17.1 Å². The fourth-order valence-electron chi connectivity index (χ4n) is 2.70. The summed E-state index contributed by atoms with van der Waals surface area (Å²) in [5.41, 5.74) is -0.723. The fraction of sp³-hybridized carbons (Fsp3) is 0.917. The van der Waals surface area contributed by atoms with Crippen molar-refractivity contribution in [3.63, 3.8) is 0 Å². The molecule has 1 heterocycles. The van der Waals surface area contributed by atoms with Crippen LogP contribution >= 0.6 is 0 Å². The Kier molecular flexibility index (Phi) is 2.53. The maximum absolute atomic E-state index is 12.1.